The van der Waals surface area contributed by atoms with Crippen LogP contribution in [0.1, 0.15) is 33.9 Å². The van der Waals surface area contributed by atoms with E-state index in [-0.39, 0.29) is 18.0 Å². The lowest BCUT2D eigenvalue weighted by Gasteiger charge is -2.43. The first kappa shape index (κ1) is 20.9. The van der Waals surface area contributed by atoms with Crippen molar-refractivity contribution in [3.63, 3.8) is 0 Å². The van der Waals surface area contributed by atoms with Gasteiger partial charge in [0.25, 0.3) is 0 Å². The van der Waals surface area contributed by atoms with Crippen molar-refractivity contribution in [2.75, 3.05) is 33.2 Å². The Labute approximate surface area is 190 Å². The molecule has 1 fully saturated rings. The number of nitrogens with one attached hydrogen (secondary N) is 1. The number of carbonyl (C=O) groups is 1. The highest BCUT2D eigenvalue weighted by Crippen LogP contribution is 2.39. The van der Waals surface area contributed by atoms with E-state index in [0.29, 0.717) is 0 Å². The summed E-state index contributed by atoms with van der Waals surface area (Å²) in [6, 6.07) is 28.0. The second-order valence-corrected chi connectivity index (χ2v) is 8.87. The van der Waals surface area contributed by atoms with Crippen LogP contribution in [0.4, 0.5) is 0 Å². The average molecular weight is 426 g/mol. The molecule has 1 aliphatic carbocycles. The maximum atomic E-state index is 13.3. The summed E-state index contributed by atoms with van der Waals surface area (Å²) in [4.78, 5) is 17.9. The van der Waals surface area contributed by atoms with E-state index in [4.69, 9.17) is 0 Å². The first-order valence-electron chi connectivity index (χ1n) is 11.6. The normalized spacial score (nSPS) is 17.5. The Bertz CT molecular complexity index is 1030. The van der Waals surface area contributed by atoms with Gasteiger partial charge in [-0.25, -0.2) is 0 Å². The number of piperazine rings is 1. The van der Waals surface area contributed by atoms with Crippen LogP contribution in [0.2, 0.25) is 0 Å². The first-order valence-corrected chi connectivity index (χ1v) is 11.6. The Balaban J connectivity index is 1.30. The zero-order valence-electron chi connectivity index (χ0n) is 18.7. The van der Waals surface area contributed by atoms with Crippen molar-refractivity contribution in [1.29, 1.82) is 0 Å². The molecule has 5 rings (SSSR count). The molecular formula is C28H31N3O. The quantitative estimate of drug-likeness (QED) is 0.678. The Morgan fingerprint density at radius 1 is 0.844 bits per heavy atom. The van der Waals surface area contributed by atoms with Gasteiger partial charge in [-0.2, -0.15) is 0 Å². The molecule has 1 amide bonds. The fourth-order valence-electron chi connectivity index (χ4n) is 5.27. The molecule has 0 spiro atoms. The van der Waals surface area contributed by atoms with E-state index in [9.17, 15) is 4.79 Å². The fraction of sp³-hybridized carbons (Fsp3) is 0.321. The number of hydrogen-bond acceptors (Lipinski definition) is 3. The Hall–Kier alpha value is -2.95. The minimum absolute atomic E-state index is 0.180. The molecule has 1 heterocycles. The largest absolute Gasteiger partial charge is 0.339 e. The molecule has 1 N–H and O–H groups in total. The van der Waals surface area contributed by atoms with Gasteiger partial charge in [0.05, 0.1) is 12.1 Å². The molecule has 164 valence electrons. The number of nitrogens with zero attached hydrogens (tertiary/aromatic N) is 2. The highest BCUT2D eigenvalue weighted by Gasteiger charge is 2.34. The van der Waals surface area contributed by atoms with Gasteiger partial charge in [-0.1, -0.05) is 78.9 Å². The molecule has 0 radical (unpaired) electrons. The van der Waals surface area contributed by atoms with Crippen molar-refractivity contribution in [2.45, 2.75) is 24.9 Å². The van der Waals surface area contributed by atoms with Crippen LogP contribution < -0.4 is 5.32 Å². The van der Waals surface area contributed by atoms with Gasteiger partial charge in [0.1, 0.15) is 0 Å². The molecule has 0 saturated carbocycles. The third-order valence-corrected chi connectivity index (χ3v) is 7.00. The van der Waals surface area contributed by atoms with Crippen LogP contribution in [-0.2, 0) is 17.6 Å². The molecule has 3 aromatic carbocycles. The number of hydrogen-bond donors (Lipinski definition) is 1. The maximum Gasteiger partial charge on any atom is 0.240 e. The van der Waals surface area contributed by atoms with Crippen LogP contribution >= 0.6 is 0 Å². The van der Waals surface area contributed by atoms with Crippen LogP contribution in [-0.4, -0.2) is 55.0 Å². The molecule has 1 saturated heterocycles. The molecule has 0 aromatic heterocycles. The second kappa shape index (κ2) is 9.27. The van der Waals surface area contributed by atoms with Crippen molar-refractivity contribution >= 4 is 5.91 Å². The SMILES string of the molecule is CNC(Cc1ccccc1)C(=O)N1CCN(C2c3ccccc3Cc3ccccc32)CC1. The summed E-state index contributed by atoms with van der Waals surface area (Å²) in [6.45, 7) is 3.32. The van der Waals surface area contributed by atoms with E-state index in [2.05, 4.69) is 70.9 Å². The standard InChI is InChI=1S/C28H31N3O/c1-29-26(19-21-9-3-2-4-10-21)28(32)31-17-15-30(16-18-31)27-24-13-7-5-11-22(24)20-23-12-6-8-14-25(23)27/h2-14,26-27,29H,15-20H2,1H3. The number of fused-ring (bicyclic) bond motifs is 2. The third-order valence-electron chi connectivity index (χ3n) is 7.00. The van der Waals surface area contributed by atoms with E-state index in [1.54, 1.807) is 0 Å². The molecular weight excluding hydrogens is 394 g/mol. The van der Waals surface area contributed by atoms with Crippen LogP contribution in [0.25, 0.3) is 0 Å². The third kappa shape index (κ3) is 4.08. The van der Waals surface area contributed by atoms with Gasteiger partial charge < -0.3 is 10.2 Å². The number of likely N-dealkylation sites (N-methyl/N-ethyl adjacent to an activating group) is 1. The van der Waals surface area contributed by atoms with Crippen molar-refractivity contribution in [1.82, 2.24) is 15.1 Å². The van der Waals surface area contributed by atoms with Crippen LogP contribution in [0.3, 0.4) is 0 Å². The molecule has 4 heteroatoms. The van der Waals surface area contributed by atoms with Gasteiger partial charge >= 0.3 is 0 Å². The Morgan fingerprint density at radius 3 is 2.00 bits per heavy atom. The molecule has 4 nitrogen and oxygen atoms in total. The average Bonchev–Trinajstić information content (AvgIpc) is 2.86. The molecule has 32 heavy (non-hydrogen) atoms. The van der Waals surface area contributed by atoms with Gasteiger partial charge in [-0.3, -0.25) is 9.69 Å². The number of amides is 1. The highest BCUT2D eigenvalue weighted by molar-refractivity contribution is 5.82. The summed E-state index contributed by atoms with van der Waals surface area (Å²) in [5, 5.41) is 3.24. The number of benzene rings is 3. The summed E-state index contributed by atoms with van der Waals surface area (Å²) >= 11 is 0. The van der Waals surface area contributed by atoms with Gasteiger partial charge in [0.15, 0.2) is 0 Å². The highest BCUT2D eigenvalue weighted by atomic mass is 16.2. The van der Waals surface area contributed by atoms with E-state index in [1.807, 2.05) is 30.1 Å². The molecule has 2 aliphatic rings. The van der Waals surface area contributed by atoms with Crippen molar-refractivity contribution in [2.24, 2.45) is 0 Å². The molecule has 0 bridgehead atoms. The van der Waals surface area contributed by atoms with E-state index in [1.165, 1.54) is 27.8 Å². The summed E-state index contributed by atoms with van der Waals surface area (Å²) in [5.41, 5.74) is 6.88. The van der Waals surface area contributed by atoms with Gasteiger partial charge in [0.2, 0.25) is 5.91 Å². The summed E-state index contributed by atoms with van der Waals surface area (Å²) < 4.78 is 0. The molecule has 1 aliphatic heterocycles. The number of rotatable bonds is 5. The predicted octanol–water partition coefficient (Wildman–Crippen LogP) is 3.66. The topological polar surface area (TPSA) is 35.6 Å². The molecule has 3 aromatic rings. The molecule has 1 unspecified atom stereocenters. The minimum atomic E-state index is -0.180. The van der Waals surface area contributed by atoms with Gasteiger partial charge in [-0.05, 0) is 47.7 Å². The zero-order chi connectivity index (χ0) is 21.9. The van der Waals surface area contributed by atoms with Crippen molar-refractivity contribution in [3.05, 3.63) is 107 Å². The van der Waals surface area contributed by atoms with Gasteiger partial charge in [0, 0.05) is 26.2 Å². The van der Waals surface area contributed by atoms with Crippen LogP contribution in [0, 0.1) is 0 Å². The molecule has 1 atom stereocenters. The lowest BCUT2D eigenvalue weighted by Crippen LogP contribution is -2.55. The van der Waals surface area contributed by atoms with E-state index < -0.39 is 0 Å². The lowest BCUT2D eigenvalue weighted by molar-refractivity contribution is -0.135. The van der Waals surface area contributed by atoms with Crippen LogP contribution in [0.5, 0.6) is 0 Å². The van der Waals surface area contributed by atoms with Crippen molar-refractivity contribution < 1.29 is 4.79 Å². The minimum Gasteiger partial charge on any atom is -0.339 e. The summed E-state index contributed by atoms with van der Waals surface area (Å²) in [6.07, 6.45) is 1.73. The first-order chi connectivity index (χ1) is 15.7. The summed E-state index contributed by atoms with van der Waals surface area (Å²) in [5.74, 6) is 0.209. The Morgan fingerprint density at radius 2 is 1.41 bits per heavy atom. The lowest BCUT2D eigenvalue weighted by atomic mass is 9.81. The summed E-state index contributed by atoms with van der Waals surface area (Å²) in [7, 11) is 1.89. The van der Waals surface area contributed by atoms with Crippen LogP contribution in [0.15, 0.2) is 78.9 Å². The second-order valence-electron chi connectivity index (χ2n) is 8.87. The van der Waals surface area contributed by atoms with E-state index >= 15 is 0 Å². The monoisotopic (exact) mass is 425 g/mol. The van der Waals surface area contributed by atoms with Crippen molar-refractivity contribution in [3.8, 4) is 0 Å². The Kier molecular flexibility index (Phi) is 6.06. The zero-order valence-corrected chi connectivity index (χ0v) is 18.7. The number of carbonyl (C=O) groups excluding carboxylic acids is 1. The van der Waals surface area contributed by atoms with E-state index in [0.717, 1.165) is 39.0 Å². The fourth-order valence-corrected chi connectivity index (χ4v) is 5.27. The maximum absolute atomic E-state index is 13.3. The predicted molar refractivity (Wildman–Crippen MR) is 129 cm³/mol. The van der Waals surface area contributed by atoms with Gasteiger partial charge in [-0.15, -0.1) is 0 Å². The smallest absolute Gasteiger partial charge is 0.240 e.